The van der Waals surface area contributed by atoms with Crippen LogP contribution in [0.5, 0.6) is 0 Å². The highest BCUT2D eigenvalue weighted by Gasteiger charge is 2.12. The van der Waals surface area contributed by atoms with Gasteiger partial charge in [0, 0.05) is 15.7 Å². The van der Waals surface area contributed by atoms with Crippen LogP contribution in [0, 0.1) is 13.8 Å². The molecule has 0 amide bonds. The fraction of sp³-hybridized carbons (Fsp3) is 0.333. The molecule has 0 spiro atoms. The minimum atomic E-state index is 0.668. The lowest BCUT2D eigenvalue weighted by atomic mass is 10.1. The van der Waals surface area contributed by atoms with E-state index in [0.717, 1.165) is 45.5 Å². The van der Waals surface area contributed by atoms with E-state index in [4.69, 9.17) is 5.84 Å². The topological polar surface area (TPSA) is 75.9 Å². The number of aromatic nitrogens is 2. The van der Waals surface area contributed by atoms with Crippen LogP contribution in [0.25, 0.3) is 0 Å². The van der Waals surface area contributed by atoms with Gasteiger partial charge in [-0.2, -0.15) is 0 Å². The number of rotatable bonds is 5. The number of hydrogen-bond donors (Lipinski definition) is 3. The molecule has 1 aromatic carbocycles. The molecule has 112 valence electrons. The number of hydrogen-bond acceptors (Lipinski definition) is 5. The van der Waals surface area contributed by atoms with Gasteiger partial charge in [0.15, 0.2) is 0 Å². The second-order valence-electron chi connectivity index (χ2n) is 4.98. The van der Waals surface area contributed by atoms with Gasteiger partial charge in [-0.3, -0.25) is 0 Å². The van der Waals surface area contributed by atoms with E-state index in [-0.39, 0.29) is 0 Å². The van der Waals surface area contributed by atoms with Crippen LogP contribution < -0.4 is 16.6 Å². The predicted molar refractivity (Wildman–Crippen MR) is 90.7 cm³/mol. The highest BCUT2D eigenvalue weighted by molar-refractivity contribution is 9.10. The Hall–Kier alpha value is -1.66. The van der Waals surface area contributed by atoms with Crippen LogP contribution in [0.4, 0.5) is 17.3 Å². The summed E-state index contributed by atoms with van der Waals surface area (Å²) in [6.45, 7) is 6.26. The minimum Gasteiger partial charge on any atom is -0.339 e. The monoisotopic (exact) mass is 349 g/mol. The molecule has 0 bridgehead atoms. The summed E-state index contributed by atoms with van der Waals surface area (Å²) in [5.41, 5.74) is 7.03. The molecule has 6 heteroatoms. The van der Waals surface area contributed by atoms with Crippen molar-refractivity contribution in [2.24, 2.45) is 5.84 Å². The normalized spacial score (nSPS) is 10.5. The Morgan fingerprint density at radius 1 is 1.14 bits per heavy atom. The third kappa shape index (κ3) is 3.51. The van der Waals surface area contributed by atoms with E-state index in [1.165, 1.54) is 6.33 Å². The van der Waals surface area contributed by atoms with Gasteiger partial charge < -0.3 is 10.7 Å². The molecule has 5 nitrogen and oxygen atoms in total. The first-order valence-electron chi connectivity index (χ1n) is 6.91. The summed E-state index contributed by atoms with van der Waals surface area (Å²) >= 11 is 3.51. The molecule has 21 heavy (non-hydrogen) atoms. The molecule has 0 aliphatic heterocycles. The summed E-state index contributed by atoms with van der Waals surface area (Å²) in [5, 5.41) is 3.43. The van der Waals surface area contributed by atoms with Crippen LogP contribution in [0.2, 0.25) is 0 Å². The third-order valence-corrected chi connectivity index (χ3v) is 3.78. The van der Waals surface area contributed by atoms with E-state index in [0.29, 0.717) is 5.82 Å². The van der Waals surface area contributed by atoms with Gasteiger partial charge in [-0.15, -0.1) is 0 Å². The van der Waals surface area contributed by atoms with Gasteiger partial charge in [0.2, 0.25) is 0 Å². The van der Waals surface area contributed by atoms with Crippen LogP contribution in [-0.2, 0) is 6.42 Å². The molecule has 0 saturated carbocycles. The summed E-state index contributed by atoms with van der Waals surface area (Å²) in [4.78, 5) is 8.56. The van der Waals surface area contributed by atoms with Crippen LogP contribution in [0.15, 0.2) is 22.9 Å². The van der Waals surface area contributed by atoms with Crippen molar-refractivity contribution in [2.45, 2.75) is 33.6 Å². The summed E-state index contributed by atoms with van der Waals surface area (Å²) in [6.07, 6.45) is 3.37. The average molecular weight is 350 g/mol. The standard InChI is InChI=1S/C15H20BrN5/c1-4-5-12-14(18-8-19-15(12)21-17)20-13-9(2)6-11(16)7-10(13)3/h6-8H,4-5,17H2,1-3H3,(H2,18,19,20,21). The highest BCUT2D eigenvalue weighted by Crippen LogP contribution is 2.30. The van der Waals surface area contributed by atoms with Gasteiger partial charge in [0.25, 0.3) is 0 Å². The summed E-state index contributed by atoms with van der Waals surface area (Å²) in [7, 11) is 0. The fourth-order valence-electron chi connectivity index (χ4n) is 2.36. The van der Waals surface area contributed by atoms with Gasteiger partial charge in [0.05, 0.1) is 0 Å². The Bertz CT molecular complexity index is 619. The number of hydrazine groups is 1. The zero-order valence-corrected chi connectivity index (χ0v) is 14.1. The lowest BCUT2D eigenvalue weighted by Crippen LogP contribution is -2.13. The lowest BCUT2D eigenvalue weighted by molar-refractivity contribution is 0.903. The van der Waals surface area contributed by atoms with E-state index < -0.39 is 0 Å². The van der Waals surface area contributed by atoms with E-state index in [2.05, 4.69) is 69.5 Å². The molecule has 2 aromatic rings. The molecule has 0 saturated heterocycles. The Labute approximate surface area is 133 Å². The predicted octanol–water partition coefficient (Wildman–Crippen LogP) is 3.84. The SMILES string of the molecule is CCCc1c(NN)ncnc1Nc1c(C)cc(Br)cc1C. The number of benzene rings is 1. The first-order chi connectivity index (χ1) is 10.1. The number of nitrogens with two attached hydrogens (primary N) is 1. The summed E-state index contributed by atoms with van der Waals surface area (Å²) in [6, 6.07) is 4.16. The first kappa shape index (κ1) is 15.7. The van der Waals surface area contributed by atoms with E-state index >= 15 is 0 Å². The number of nitrogen functional groups attached to an aromatic ring is 1. The number of nitrogens with one attached hydrogen (secondary N) is 2. The maximum Gasteiger partial charge on any atom is 0.148 e. The van der Waals surface area contributed by atoms with E-state index in [9.17, 15) is 0 Å². The molecular formula is C15H20BrN5. The van der Waals surface area contributed by atoms with Crippen molar-refractivity contribution in [1.29, 1.82) is 0 Å². The number of nitrogens with zero attached hydrogens (tertiary/aromatic N) is 2. The molecule has 0 aliphatic rings. The van der Waals surface area contributed by atoms with Crippen molar-refractivity contribution in [1.82, 2.24) is 9.97 Å². The van der Waals surface area contributed by atoms with Crippen molar-refractivity contribution in [3.63, 3.8) is 0 Å². The van der Waals surface area contributed by atoms with Crippen LogP contribution in [0.3, 0.4) is 0 Å². The Balaban J connectivity index is 2.44. The molecule has 1 aromatic heterocycles. The number of anilines is 3. The van der Waals surface area contributed by atoms with E-state index in [1.807, 2.05) is 0 Å². The lowest BCUT2D eigenvalue weighted by Gasteiger charge is -2.17. The number of aryl methyl sites for hydroxylation is 2. The summed E-state index contributed by atoms with van der Waals surface area (Å²) < 4.78 is 1.07. The zero-order chi connectivity index (χ0) is 15.4. The Morgan fingerprint density at radius 3 is 2.33 bits per heavy atom. The van der Waals surface area contributed by atoms with Gasteiger partial charge in [-0.05, 0) is 43.5 Å². The molecule has 2 rings (SSSR count). The molecule has 0 aliphatic carbocycles. The van der Waals surface area contributed by atoms with Crippen molar-refractivity contribution < 1.29 is 0 Å². The minimum absolute atomic E-state index is 0.668. The van der Waals surface area contributed by atoms with Crippen molar-refractivity contribution in [3.05, 3.63) is 39.6 Å². The quantitative estimate of drug-likeness (QED) is 0.564. The van der Waals surface area contributed by atoms with Crippen LogP contribution in [0.1, 0.15) is 30.0 Å². The van der Waals surface area contributed by atoms with Crippen molar-refractivity contribution in [2.75, 3.05) is 10.7 Å². The van der Waals surface area contributed by atoms with Gasteiger partial charge in [0.1, 0.15) is 18.0 Å². The first-order valence-corrected chi connectivity index (χ1v) is 7.70. The van der Waals surface area contributed by atoms with Gasteiger partial charge in [-0.25, -0.2) is 15.8 Å². The molecule has 0 unspecified atom stereocenters. The maximum atomic E-state index is 5.55. The molecule has 4 N–H and O–H groups in total. The maximum absolute atomic E-state index is 5.55. The van der Waals surface area contributed by atoms with Crippen LogP contribution in [-0.4, -0.2) is 9.97 Å². The molecular weight excluding hydrogens is 330 g/mol. The largest absolute Gasteiger partial charge is 0.339 e. The van der Waals surface area contributed by atoms with Crippen molar-refractivity contribution >= 4 is 33.3 Å². The van der Waals surface area contributed by atoms with Crippen LogP contribution >= 0.6 is 15.9 Å². The third-order valence-electron chi connectivity index (χ3n) is 3.32. The average Bonchev–Trinajstić information content (AvgIpc) is 2.44. The zero-order valence-electron chi connectivity index (χ0n) is 12.5. The molecule has 1 heterocycles. The number of halogens is 1. The summed E-state index contributed by atoms with van der Waals surface area (Å²) in [5.74, 6) is 7.02. The highest BCUT2D eigenvalue weighted by atomic mass is 79.9. The fourth-order valence-corrected chi connectivity index (χ4v) is 3.04. The van der Waals surface area contributed by atoms with Crippen molar-refractivity contribution in [3.8, 4) is 0 Å². The smallest absolute Gasteiger partial charge is 0.148 e. The molecule has 0 atom stereocenters. The Kier molecular flexibility index (Phi) is 5.14. The second-order valence-corrected chi connectivity index (χ2v) is 5.90. The van der Waals surface area contributed by atoms with Gasteiger partial charge in [-0.1, -0.05) is 29.3 Å². The van der Waals surface area contributed by atoms with Gasteiger partial charge >= 0.3 is 0 Å². The second kappa shape index (κ2) is 6.87. The molecule has 0 radical (unpaired) electrons. The Morgan fingerprint density at radius 2 is 1.76 bits per heavy atom. The van der Waals surface area contributed by atoms with E-state index in [1.54, 1.807) is 0 Å². The molecule has 0 fully saturated rings.